The van der Waals surface area contributed by atoms with E-state index >= 15 is 0 Å². The van der Waals surface area contributed by atoms with Crippen molar-refractivity contribution in [1.82, 2.24) is 4.90 Å². The van der Waals surface area contributed by atoms with Crippen molar-refractivity contribution in [3.05, 3.63) is 30.3 Å². The first-order valence-corrected chi connectivity index (χ1v) is 8.00. The topological polar surface area (TPSA) is 12.5 Å². The molecule has 1 fully saturated rings. The third-order valence-electron chi connectivity index (χ3n) is 3.56. The summed E-state index contributed by atoms with van der Waals surface area (Å²) in [5.41, 5.74) is 0. The van der Waals surface area contributed by atoms with E-state index in [0.29, 0.717) is 0 Å². The van der Waals surface area contributed by atoms with Crippen LogP contribution in [0.4, 0.5) is 0 Å². The van der Waals surface area contributed by atoms with Gasteiger partial charge in [-0.3, -0.25) is 4.90 Å². The Morgan fingerprint density at radius 3 is 2.56 bits per heavy atom. The van der Waals surface area contributed by atoms with Crippen LogP contribution in [0.5, 0.6) is 5.75 Å². The lowest BCUT2D eigenvalue weighted by Crippen LogP contribution is -2.42. The summed E-state index contributed by atoms with van der Waals surface area (Å²) in [6.45, 7) is 3.13. The standard InChI is InChI=1S/C15H22BrNO/c16-10-12-17(14-6-4-7-14)11-5-13-18-15-8-2-1-3-9-15/h1-3,8-9,14H,4-7,10-13H2. The minimum atomic E-state index is 0.815. The first kappa shape index (κ1) is 13.9. The Bertz CT molecular complexity index is 327. The predicted molar refractivity (Wildman–Crippen MR) is 79.6 cm³/mol. The second-order valence-electron chi connectivity index (χ2n) is 4.82. The highest BCUT2D eigenvalue weighted by Crippen LogP contribution is 2.24. The molecular weight excluding hydrogens is 290 g/mol. The van der Waals surface area contributed by atoms with Crippen LogP contribution >= 0.6 is 15.9 Å². The molecule has 0 radical (unpaired) electrons. The van der Waals surface area contributed by atoms with Gasteiger partial charge in [-0.25, -0.2) is 0 Å². The van der Waals surface area contributed by atoms with Crippen molar-refractivity contribution in [2.75, 3.05) is 25.0 Å². The lowest BCUT2D eigenvalue weighted by molar-refractivity contribution is 0.126. The van der Waals surface area contributed by atoms with Crippen LogP contribution in [0.1, 0.15) is 25.7 Å². The maximum atomic E-state index is 5.73. The van der Waals surface area contributed by atoms with Gasteiger partial charge in [0, 0.05) is 24.5 Å². The monoisotopic (exact) mass is 311 g/mol. The Hall–Kier alpha value is -0.540. The van der Waals surface area contributed by atoms with E-state index in [4.69, 9.17) is 4.74 Å². The van der Waals surface area contributed by atoms with Gasteiger partial charge >= 0.3 is 0 Å². The molecule has 18 heavy (non-hydrogen) atoms. The molecule has 2 rings (SSSR count). The fourth-order valence-corrected chi connectivity index (χ4v) is 2.77. The van der Waals surface area contributed by atoms with Gasteiger partial charge in [-0.1, -0.05) is 40.5 Å². The van der Waals surface area contributed by atoms with Crippen molar-refractivity contribution in [2.45, 2.75) is 31.7 Å². The summed E-state index contributed by atoms with van der Waals surface area (Å²) < 4.78 is 5.73. The smallest absolute Gasteiger partial charge is 0.119 e. The van der Waals surface area contributed by atoms with Gasteiger partial charge in [-0.05, 0) is 31.4 Å². The van der Waals surface area contributed by atoms with Crippen LogP contribution in [0, 0.1) is 0 Å². The molecule has 0 bridgehead atoms. The van der Waals surface area contributed by atoms with E-state index in [9.17, 15) is 0 Å². The third-order valence-corrected chi connectivity index (χ3v) is 3.92. The van der Waals surface area contributed by atoms with E-state index < -0.39 is 0 Å². The zero-order chi connectivity index (χ0) is 12.6. The molecule has 0 unspecified atom stereocenters. The van der Waals surface area contributed by atoms with E-state index in [0.717, 1.165) is 43.2 Å². The fraction of sp³-hybridized carbons (Fsp3) is 0.600. The molecule has 1 aliphatic rings. The number of benzene rings is 1. The van der Waals surface area contributed by atoms with Gasteiger partial charge in [0.05, 0.1) is 6.61 Å². The van der Waals surface area contributed by atoms with Gasteiger partial charge < -0.3 is 4.74 Å². The molecular formula is C15H22BrNO. The summed E-state index contributed by atoms with van der Waals surface area (Å²) in [5, 5.41) is 1.07. The van der Waals surface area contributed by atoms with Crippen LogP contribution in [0.3, 0.4) is 0 Å². The zero-order valence-corrected chi connectivity index (χ0v) is 12.4. The van der Waals surface area contributed by atoms with Gasteiger partial charge in [0.1, 0.15) is 5.75 Å². The molecule has 1 saturated carbocycles. The van der Waals surface area contributed by atoms with Gasteiger partial charge in [-0.2, -0.15) is 0 Å². The van der Waals surface area contributed by atoms with Crippen LogP contribution < -0.4 is 4.74 Å². The van der Waals surface area contributed by atoms with Gasteiger partial charge in [-0.15, -0.1) is 0 Å². The van der Waals surface area contributed by atoms with Crippen LogP contribution in [0.25, 0.3) is 0 Å². The van der Waals surface area contributed by atoms with Gasteiger partial charge in [0.2, 0.25) is 0 Å². The Morgan fingerprint density at radius 1 is 1.17 bits per heavy atom. The molecule has 0 spiro atoms. The van der Waals surface area contributed by atoms with Gasteiger partial charge in [0.15, 0.2) is 0 Å². The number of alkyl halides is 1. The minimum absolute atomic E-state index is 0.815. The van der Waals surface area contributed by atoms with Crippen molar-refractivity contribution in [3.63, 3.8) is 0 Å². The Balaban J connectivity index is 1.63. The third kappa shape index (κ3) is 4.29. The number of hydrogen-bond acceptors (Lipinski definition) is 2. The van der Waals surface area contributed by atoms with Crippen molar-refractivity contribution in [3.8, 4) is 5.75 Å². The molecule has 0 atom stereocenters. The summed E-state index contributed by atoms with van der Waals surface area (Å²) in [4.78, 5) is 2.60. The van der Waals surface area contributed by atoms with E-state index in [-0.39, 0.29) is 0 Å². The number of halogens is 1. The van der Waals surface area contributed by atoms with E-state index in [2.05, 4.69) is 20.8 Å². The lowest BCUT2D eigenvalue weighted by Gasteiger charge is -2.37. The van der Waals surface area contributed by atoms with E-state index in [1.807, 2.05) is 30.3 Å². The lowest BCUT2D eigenvalue weighted by atomic mass is 9.91. The fourth-order valence-electron chi connectivity index (χ4n) is 2.31. The van der Waals surface area contributed by atoms with Crippen LogP contribution in [-0.2, 0) is 0 Å². The molecule has 1 aliphatic carbocycles. The molecule has 100 valence electrons. The first-order chi connectivity index (χ1) is 8.90. The molecule has 0 aromatic heterocycles. The Kier molecular flexibility index (Phi) is 6.01. The first-order valence-electron chi connectivity index (χ1n) is 6.88. The minimum Gasteiger partial charge on any atom is -0.494 e. The number of para-hydroxylation sites is 1. The maximum absolute atomic E-state index is 5.73. The van der Waals surface area contributed by atoms with Crippen LogP contribution in [0.15, 0.2) is 30.3 Å². The zero-order valence-electron chi connectivity index (χ0n) is 10.9. The molecule has 0 N–H and O–H groups in total. The average Bonchev–Trinajstić information content (AvgIpc) is 2.34. The molecule has 0 aliphatic heterocycles. The molecule has 0 saturated heterocycles. The summed E-state index contributed by atoms with van der Waals surface area (Å²) in [7, 11) is 0. The number of nitrogens with zero attached hydrogens (tertiary/aromatic N) is 1. The van der Waals surface area contributed by atoms with Crippen LogP contribution in [0.2, 0.25) is 0 Å². The molecule has 1 aromatic rings. The number of rotatable bonds is 8. The maximum Gasteiger partial charge on any atom is 0.119 e. The Morgan fingerprint density at radius 2 is 1.94 bits per heavy atom. The normalized spacial score (nSPS) is 15.7. The highest BCUT2D eigenvalue weighted by atomic mass is 79.9. The van der Waals surface area contributed by atoms with Crippen molar-refractivity contribution in [1.29, 1.82) is 0 Å². The SMILES string of the molecule is BrCCN(CCCOc1ccccc1)C1CCC1. The quantitative estimate of drug-likeness (QED) is 0.536. The van der Waals surface area contributed by atoms with Crippen molar-refractivity contribution in [2.24, 2.45) is 0 Å². The average molecular weight is 312 g/mol. The summed E-state index contributed by atoms with van der Waals surface area (Å²) >= 11 is 3.54. The molecule has 2 nitrogen and oxygen atoms in total. The van der Waals surface area contributed by atoms with Crippen molar-refractivity contribution < 1.29 is 4.74 Å². The summed E-state index contributed by atoms with van der Waals surface area (Å²) in [6.07, 6.45) is 5.28. The summed E-state index contributed by atoms with van der Waals surface area (Å²) in [6, 6.07) is 10.9. The highest BCUT2D eigenvalue weighted by Gasteiger charge is 2.23. The molecule has 0 heterocycles. The number of ether oxygens (including phenoxy) is 1. The highest BCUT2D eigenvalue weighted by molar-refractivity contribution is 9.09. The van der Waals surface area contributed by atoms with Gasteiger partial charge in [0.25, 0.3) is 0 Å². The number of hydrogen-bond donors (Lipinski definition) is 0. The summed E-state index contributed by atoms with van der Waals surface area (Å²) in [5.74, 6) is 0.980. The molecule has 3 heteroatoms. The van der Waals surface area contributed by atoms with Crippen LogP contribution in [-0.4, -0.2) is 36.0 Å². The second kappa shape index (κ2) is 7.80. The largest absolute Gasteiger partial charge is 0.494 e. The van der Waals surface area contributed by atoms with E-state index in [1.54, 1.807) is 0 Å². The molecule has 1 aromatic carbocycles. The predicted octanol–water partition coefficient (Wildman–Crippen LogP) is 3.70. The molecule has 0 amide bonds. The van der Waals surface area contributed by atoms with E-state index in [1.165, 1.54) is 19.3 Å². The Labute approximate surface area is 118 Å². The van der Waals surface area contributed by atoms with Crippen molar-refractivity contribution >= 4 is 15.9 Å². The second-order valence-corrected chi connectivity index (χ2v) is 5.62.